The number of amides is 1. The Morgan fingerprint density at radius 1 is 0.974 bits per heavy atom. The zero-order valence-electron chi connectivity index (χ0n) is 24.5. The molecule has 0 saturated heterocycles. The summed E-state index contributed by atoms with van der Waals surface area (Å²) in [5.41, 5.74) is 3.14. The lowest BCUT2D eigenvalue weighted by molar-refractivity contribution is -0.158. The number of carbonyl (C=O) groups is 3. The van der Waals surface area contributed by atoms with E-state index in [1.165, 1.54) is 0 Å². The van der Waals surface area contributed by atoms with E-state index in [1.807, 2.05) is 56.3 Å². The molecule has 7 heteroatoms. The van der Waals surface area contributed by atoms with Gasteiger partial charge in [0, 0.05) is 25.9 Å². The summed E-state index contributed by atoms with van der Waals surface area (Å²) in [5, 5.41) is 12.6. The van der Waals surface area contributed by atoms with E-state index in [9.17, 15) is 19.5 Å². The number of benzene rings is 2. The van der Waals surface area contributed by atoms with Crippen LogP contribution in [0.25, 0.3) is 0 Å². The van der Waals surface area contributed by atoms with Gasteiger partial charge in [0.15, 0.2) is 0 Å². The molecule has 39 heavy (non-hydrogen) atoms. The summed E-state index contributed by atoms with van der Waals surface area (Å²) in [4.78, 5) is 38.2. The molecule has 214 valence electrons. The molecule has 2 aromatic rings. The predicted molar refractivity (Wildman–Crippen MR) is 152 cm³/mol. The molecule has 0 heterocycles. The van der Waals surface area contributed by atoms with Gasteiger partial charge in [0.1, 0.15) is 17.4 Å². The van der Waals surface area contributed by atoms with Crippen LogP contribution < -0.4 is 10.1 Å². The highest BCUT2D eigenvalue weighted by Crippen LogP contribution is 2.29. The van der Waals surface area contributed by atoms with Crippen LogP contribution in [0.15, 0.2) is 42.5 Å². The molecule has 0 aliphatic heterocycles. The lowest BCUT2D eigenvalue weighted by Gasteiger charge is -2.24. The molecular formula is C32H45NO6. The van der Waals surface area contributed by atoms with E-state index in [2.05, 4.69) is 19.2 Å². The van der Waals surface area contributed by atoms with Gasteiger partial charge in [-0.1, -0.05) is 50.2 Å². The van der Waals surface area contributed by atoms with Gasteiger partial charge in [-0.2, -0.15) is 0 Å². The van der Waals surface area contributed by atoms with E-state index in [-0.39, 0.29) is 43.6 Å². The van der Waals surface area contributed by atoms with Gasteiger partial charge < -0.3 is 19.9 Å². The summed E-state index contributed by atoms with van der Waals surface area (Å²) in [6.45, 7) is 13.5. The van der Waals surface area contributed by atoms with Crippen LogP contribution in [-0.2, 0) is 32.0 Å². The van der Waals surface area contributed by atoms with Gasteiger partial charge >= 0.3 is 11.9 Å². The van der Waals surface area contributed by atoms with Crippen LogP contribution in [0.4, 0.5) is 0 Å². The molecule has 0 radical (unpaired) electrons. The third kappa shape index (κ3) is 11.2. The first-order valence-electron chi connectivity index (χ1n) is 13.8. The fourth-order valence-corrected chi connectivity index (χ4v) is 4.33. The third-order valence-electron chi connectivity index (χ3n) is 6.54. The van der Waals surface area contributed by atoms with Crippen LogP contribution in [0.2, 0.25) is 0 Å². The molecule has 2 unspecified atom stereocenters. The zero-order chi connectivity index (χ0) is 29.2. The number of nitrogens with one attached hydrogen (secondary N) is 1. The second-order valence-corrected chi connectivity index (χ2v) is 11.6. The normalized spacial score (nSPS) is 13.1. The van der Waals surface area contributed by atoms with Crippen molar-refractivity contribution in [3.05, 3.63) is 64.7 Å². The molecule has 2 aromatic carbocycles. The van der Waals surface area contributed by atoms with Crippen molar-refractivity contribution >= 4 is 17.8 Å². The van der Waals surface area contributed by atoms with Crippen molar-refractivity contribution < 1.29 is 29.0 Å². The van der Waals surface area contributed by atoms with E-state index in [0.717, 1.165) is 22.3 Å². The van der Waals surface area contributed by atoms with Crippen LogP contribution in [0.1, 0.15) is 76.1 Å². The van der Waals surface area contributed by atoms with Gasteiger partial charge in [0.25, 0.3) is 0 Å². The van der Waals surface area contributed by atoms with Crippen molar-refractivity contribution in [3.63, 3.8) is 0 Å². The Labute approximate surface area is 233 Å². The van der Waals surface area contributed by atoms with Crippen LogP contribution >= 0.6 is 0 Å². The van der Waals surface area contributed by atoms with Crippen LogP contribution in [0, 0.1) is 25.7 Å². The minimum atomic E-state index is -0.829. The molecule has 0 aromatic heterocycles. The molecule has 0 spiro atoms. The quantitative estimate of drug-likeness (QED) is 0.266. The highest BCUT2D eigenvalue weighted by molar-refractivity contribution is 5.85. The number of aliphatic hydroxyl groups excluding tert-OH is 1. The molecule has 0 aliphatic carbocycles. The number of hydrogen-bond donors (Lipinski definition) is 2. The molecule has 1 amide bonds. The SMILES string of the molecule is Cc1cc(C)c(CC(CO)C(C)C)c(OC(=O)CCCC(=O)NC(Cc2ccccc2)C(=O)OC(C)(C)C)c1. The second-order valence-electron chi connectivity index (χ2n) is 11.6. The highest BCUT2D eigenvalue weighted by atomic mass is 16.6. The fourth-order valence-electron chi connectivity index (χ4n) is 4.33. The van der Waals surface area contributed by atoms with Crippen molar-refractivity contribution in [2.45, 2.75) is 92.2 Å². The van der Waals surface area contributed by atoms with Crippen molar-refractivity contribution in [2.24, 2.45) is 11.8 Å². The van der Waals surface area contributed by atoms with Crippen LogP contribution in [-0.4, -0.2) is 41.2 Å². The molecule has 7 nitrogen and oxygen atoms in total. The predicted octanol–water partition coefficient (Wildman–Crippen LogP) is 5.26. The number of carbonyl (C=O) groups excluding carboxylic acids is 3. The average molecular weight is 540 g/mol. The van der Waals surface area contributed by atoms with E-state index in [4.69, 9.17) is 9.47 Å². The maximum Gasteiger partial charge on any atom is 0.329 e. The van der Waals surface area contributed by atoms with E-state index >= 15 is 0 Å². The molecule has 2 atom stereocenters. The highest BCUT2D eigenvalue weighted by Gasteiger charge is 2.27. The van der Waals surface area contributed by atoms with Gasteiger partial charge in [-0.25, -0.2) is 4.79 Å². The maximum atomic E-state index is 12.8. The molecule has 0 fully saturated rings. The Morgan fingerprint density at radius 3 is 2.23 bits per heavy atom. The lowest BCUT2D eigenvalue weighted by atomic mass is 9.87. The Balaban J connectivity index is 1.99. The molecule has 0 aliphatic rings. The Morgan fingerprint density at radius 2 is 1.64 bits per heavy atom. The van der Waals surface area contributed by atoms with Crippen LogP contribution in [0.5, 0.6) is 5.75 Å². The Kier molecular flexibility index (Phi) is 12.2. The van der Waals surface area contributed by atoms with Crippen molar-refractivity contribution in [3.8, 4) is 5.75 Å². The third-order valence-corrected chi connectivity index (χ3v) is 6.54. The first kappa shape index (κ1) is 32.0. The topological polar surface area (TPSA) is 102 Å². The lowest BCUT2D eigenvalue weighted by Crippen LogP contribution is -2.45. The first-order chi connectivity index (χ1) is 18.3. The number of hydrogen-bond acceptors (Lipinski definition) is 6. The molecule has 0 saturated carbocycles. The van der Waals surface area contributed by atoms with E-state index in [0.29, 0.717) is 18.6 Å². The zero-order valence-corrected chi connectivity index (χ0v) is 24.5. The van der Waals surface area contributed by atoms with Gasteiger partial charge in [0.2, 0.25) is 5.91 Å². The summed E-state index contributed by atoms with van der Waals surface area (Å²) in [6, 6.07) is 12.5. The van der Waals surface area contributed by atoms with Crippen molar-refractivity contribution in [2.75, 3.05) is 6.61 Å². The van der Waals surface area contributed by atoms with Crippen molar-refractivity contribution in [1.82, 2.24) is 5.32 Å². The first-order valence-corrected chi connectivity index (χ1v) is 13.8. The number of aliphatic hydroxyl groups is 1. The van der Waals surface area contributed by atoms with E-state index in [1.54, 1.807) is 20.8 Å². The maximum absolute atomic E-state index is 12.8. The minimum Gasteiger partial charge on any atom is -0.458 e. The summed E-state index contributed by atoms with van der Waals surface area (Å²) in [5.74, 6) is -0.403. The van der Waals surface area contributed by atoms with Crippen LogP contribution in [0.3, 0.4) is 0 Å². The van der Waals surface area contributed by atoms with Gasteiger partial charge in [0.05, 0.1) is 0 Å². The summed E-state index contributed by atoms with van der Waals surface area (Å²) >= 11 is 0. The molecule has 2 rings (SSSR count). The fraction of sp³-hybridized carbons (Fsp3) is 0.531. The summed E-state index contributed by atoms with van der Waals surface area (Å²) < 4.78 is 11.3. The van der Waals surface area contributed by atoms with Gasteiger partial charge in [-0.15, -0.1) is 0 Å². The Bertz CT molecular complexity index is 1100. The second kappa shape index (κ2) is 14.8. The summed E-state index contributed by atoms with van der Waals surface area (Å²) in [7, 11) is 0. The molecular weight excluding hydrogens is 494 g/mol. The monoisotopic (exact) mass is 539 g/mol. The largest absolute Gasteiger partial charge is 0.458 e. The molecule has 2 N–H and O–H groups in total. The number of esters is 2. The number of rotatable bonds is 13. The minimum absolute atomic E-state index is 0.0568. The Hall–Kier alpha value is -3.19. The smallest absolute Gasteiger partial charge is 0.329 e. The number of ether oxygens (including phenoxy) is 2. The molecule has 0 bridgehead atoms. The van der Waals surface area contributed by atoms with Gasteiger partial charge in [-0.3, -0.25) is 9.59 Å². The standard InChI is InChI=1S/C32H45NO6/c1-21(2)25(20-34)19-26-23(4)16-22(3)17-28(26)38-30(36)15-11-14-29(35)33-27(31(37)39-32(5,6)7)18-24-12-9-8-10-13-24/h8-10,12-13,16-17,21,25,27,34H,11,14-15,18-20H2,1-7H3,(H,33,35). The van der Waals surface area contributed by atoms with E-state index < -0.39 is 23.6 Å². The van der Waals surface area contributed by atoms with Gasteiger partial charge in [-0.05, 0) is 87.6 Å². The van der Waals surface area contributed by atoms with Crippen molar-refractivity contribution in [1.29, 1.82) is 0 Å². The summed E-state index contributed by atoms with van der Waals surface area (Å²) in [6.07, 6.45) is 1.33. The number of aryl methyl sites for hydroxylation is 2. The average Bonchev–Trinajstić information content (AvgIpc) is 2.82.